The minimum absolute atomic E-state index is 0.0643. The maximum atomic E-state index is 6.12. The summed E-state index contributed by atoms with van der Waals surface area (Å²) in [6, 6.07) is 4.16. The molecule has 112 valence electrons. The van der Waals surface area contributed by atoms with E-state index in [0.29, 0.717) is 6.54 Å². The zero-order valence-corrected chi connectivity index (χ0v) is 12.9. The first-order chi connectivity index (χ1) is 9.47. The van der Waals surface area contributed by atoms with Crippen molar-refractivity contribution in [2.24, 2.45) is 5.73 Å². The number of hydrogen-bond acceptors (Lipinski definition) is 4. The SMILES string of the molecule is CN(CCc1ccncc1)C1(CN)CCOC(C)(C)C1. The summed E-state index contributed by atoms with van der Waals surface area (Å²) in [4.78, 5) is 6.49. The molecule has 0 bridgehead atoms. The number of likely N-dealkylation sites (N-methyl/N-ethyl adjacent to an activating group) is 1. The summed E-state index contributed by atoms with van der Waals surface area (Å²) in [7, 11) is 2.19. The molecule has 0 aromatic carbocycles. The molecule has 0 saturated carbocycles. The van der Waals surface area contributed by atoms with Gasteiger partial charge in [-0.3, -0.25) is 9.88 Å². The molecule has 0 spiro atoms. The normalized spacial score (nSPS) is 25.9. The molecular formula is C16H27N3O. The highest BCUT2D eigenvalue weighted by atomic mass is 16.5. The van der Waals surface area contributed by atoms with Crippen LogP contribution in [-0.2, 0) is 11.2 Å². The zero-order chi connectivity index (χ0) is 14.6. The van der Waals surface area contributed by atoms with E-state index < -0.39 is 0 Å². The van der Waals surface area contributed by atoms with Crippen LogP contribution < -0.4 is 5.73 Å². The summed E-state index contributed by atoms with van der Waals surface area (Å²) in [6.07, 6.45) is 6.74. The maximum absolute atomic E-state index is 6.12. The van der Waals surface area contributed by atoms with Crippen LogP contribution in [0.4, 0.5) is 0 Å². The van der Waals surface area contributed by atoms with E-state index in [-0.39, 0.29) is 11.1 Å². The first kappa shape index (κ1) is 15.4. The van der Waals surface area contributed by atoms with Crippen LogP contribution >= 0.6 is 0 Å². The Labute approximate surface area is 122 Å². The van der Waals surface area contributed by atoms with Crippen molar-refractivity contribution in [1.29, 1.82) is 0 Å². The monoisotopic (exact) mass is 277 g/mol. The van der Waals surface area contributed by atoms with Gasteiger partial charge in [0.25, 0.3) is 0 Å². The van der Waals surface area contributed by atoms with Crippen LogP contribution in [0.2, 0.25) is 0 Å². The first-order valence-corrected chi connectivity index (χ1v) is 7.42. The molecule has 1 fully saturated rings. The summed E-state index contributed by atoms with van der Waals surface area (Å²) in [5.41, 5.74) is 7.43. The molecule has 4 nitrogen and oxygen atoms in total. The van der Waals surface area contributed by atoms with E-state index in [1.54, 1.807) is 0 Å². The minimum Gasteiger partial charge on any atom is -0.375 e. The number of ether oxygens (including phenoxy) is 1. The van der Waals surface area contributed by atoms with Gasteiger partial charge in [0.15, 0.2) is 0 Å². The Balaban J connectivity index is 2.00. The van der Waals surface area contributed by atoms with Gasteiger partial charge in [-0.1, -0.05) is 0 Å². The molecule has 1 aliphatic heterocycles. The van der Waals surface area contributed by atoms with Crippen molar-refractivity contribution in [2.45, 2.75) is 44.2 Å². The summed E-state index contributed by atoms with van der Waals surface area (Å²) in [6.45, 7) is 6.81. The van der Waals surface area contributed by atoms with Gasteiger partial charge in [-0.15, -0.1) is 0 Å². The highest BCUT2D eigenvalue weighted by molar-refractivity contribution is 5.10. The molecule has 20 heavy (non-hydrogen) atoms. The van der Waals surface area contributed by atoms with Crippen LogP contribution in [0.1, 0.15) is 32.3 Å². The second kappa shape index (κ2) is 6.20. The largest absolute Gasteiger partial charge is 0.375 e. The summed E-state index contributed by atoms with van der Waals surface area (Å²) < 4.78 is 5.84. The highest BCUT2D eigenvalue weighted by Gasteiger charge is 2.42. The van der Waals surface area contributed by atoms with E-state index >= 15 is 0 Å². The van der Waals surface area contributed by atoms with Crippen molar-refractivity contribution in [3.63, 3.8) is 0 Å². The topological polar surface area (TPSA) is 51.4 Å². The number of rotatable bonds is 5. The van der Waals surface area contributed by atoms with E-state index in [2.05, 4.69) is 42.9 Å². The molecule has 1 aromatic heterocycles. The predicted octanol–water partition coefficient (Wildman–Crippen LogP) is 1.84. The highest BCUT2D eigenvalue weighted by Crippen LogP contribution is 2.35. The molecule has 2 rings (SSSR count). The third kappa shape index (κ3) is 3.57. The number of pyridine rings is 1. The third-order valence-electron chi connectivity index (χ3n) is 4.49. The Morgan fingerprint density at radius 1 is 1.35 bits per heavy atom. The zero-order valence-electron chi connectivity index (χ0n) is 12.9. The van der Waals surface area contributed by atoms with Crippen molar-refractivity contribution in [3.05, 3.63) is 30.1 Å². The number of nitrogens with two attached hydrogens (primary N) is 1. The summed E-state index contributed by atoms with van der Waals surface area (Å²) in [5, 5.41) is 0. The van der Waals surface area contributed by atoms with Gasteiger partial charge >= 0.3 is 0 Å². The Hall–Kier alpha value is -0.970. The van der Waals surface area contributed by atoms with E-state index in [0.717, 1.165) is 32.4 Å². The molecule has 1 aromatic rings. The number of nitrogens with zero attached hydrogens (tertiary/aromatic N) is 2. The lowest BCUT2D eigenvalue weighted by molar-refractivity contribution is -0.113. The fourth-order valence-electron chi connectivity index (χ4n) is 3.19. The van der Waals surface area contributed by atoms with Gasteiger partial charge in [-0.05, 0) is 57.9 Å². The molecule has 0 aliphatic carbocycles. The quantitative estimate of drug-likeness (QED) is 0.892. The fraction of sp³-hybridized carbons (Fsp3) is 0.688. The van der Waals surface area contributed by atoms with Crippen LogP contribution in [0, 0.1) is 0 Å². The lowest BCUT2D eigenvalue weighted by Gasteiger charge is -2.49. The van der Waals surface area contributed by atoms with Crippen molar-refractivity contribution < 1.29 is 4.74 Å². The van der Waals surface area contributed by atoms with Crippen LogP contribution in [-0.4, -0.2) is 47.8 Å². The van der Waals surface area contributed by atoms with Crippen molar-refractivity contribution in [1.82, 2.24) is 9.88 Å². The molecule has 1 saturated heterocycles. The molecule has 0 amide bonds. The molecule has 1 aliphatic rings. The van der Waals surface area contributed by atoms with Gasteiger partial charge < -0.3 is 10.5 Å². The smallest absolute Gasteiger partial charge is 0.0644 e. The van der Waals surface area contributed by atoms with E-state index in [4.69, 9.17) is 10.5 Å². The van der Waals surface area contributed by atoms with Gasteiger partial charge in [0.1, 0.15) is 0 Å². The van der Waals surface area contributed by atoms with Crippen molar-refractivity contribution in [3.8, 4) is 0 Å². The Morgan fingerprint density at radius 2 is 2.05 bits per heavy atom. The first-order valence-electron chi connectivity index (χ1n) is 7.42. The average molecular weight is 277 g/mol. The summed E-state index contributed by atoms with van der Waals surface area (Å²) >= 11 is 0. The van der Waals surface area contributed by atoms with Crippen LogP contribution in [0.15, 0.2) is 24.5 Å². The number of hydrogen-bond donors (Lipinski definition) is 1. The van der Waals surface area contributed by atoms with Crippen LogP contribution in [0.25, 0.3) is 0 Å². The van der Waals surface area contributed by atoms with Gasteiger partial charge in [0, 0.05) is 37.6 Å². The fourth-order valence-corrected chi connectivity index (χ4v) is 3.19. The second-order valence-corrected chi connectivity index (χ2v) is 6.49. The summed E-state index contributed by atoms with van der Waals surface area (Å²) in [5.74, 6) is 0. The predicted molar refractivity (Wildman–Crippen MR) is 81.6 cm³/mol. The third-order valence-corrected chi connectivity index (χ3v) is 4.49. The maximum Gasteiger partial charge on any atom is 0.0644 e. The molecule has 1 atom stereocenters. The molecule has 4 heteroatoms. The van der Waals surface area contributed by atoms with Gasteiger partial charge in [-0.25, -0.2) is 0 Å². The number of aromatic nitrogens is 1. The Bertz CT molecular complexity index is 421. The molecule has 0 radical (unpaired) electrons. The Morgan fingerprint density at radius 3 is 2.65 bits per heavy atom. The second-order valence-electron chi connectivity index (χ2n) is 6.49. The van der Waals surface area contributed by atoms with E-state index in [9.17, 15) is 0 Å². The van der Waals surface area contributed by atoms with Crippen molar-refractivity contribution in [2.75, 3.05) is 26.7 Å². The van der Waals surface area contributed by atoms with E-state index in [1.165, 1.54) is 5.56 Å². The molecular weight excluding hydrogens is 250 g/mol. The Kier molecular flexibility index (Phi) is 4.78. The van der Waals surface area contributed by atoms with Gasteiger partial charge in [0.05, 0.1) is 5.60 Å². The lowest BCUT2D eigenvalue weighted by Crippen LogP contribution is -2.59. The minimum atomic E-state index is -0.0808. The van der Waals surface area contributed by atoms with Crippen LogP contribution in [0.3, 0.4) is 0 Å². The average Bonchev–Trinajstić information content (AvgIpc) is 2.44. The van der Waals surface area contributed by atoms with Crippen molar-refractivity contribution >= 4 is 0 Å². The van der Waals surface area contributed by atoms with Gasteiger partial charge in [-0.2, -0.15) is 0 Å². The standard InChI is InChI=1S/C16H27N3O/c1-15(2)12-16(13-17,7-11-20-15)19(3)10-6-14-4-8-18-9-5-14/h4-5,8-9H,6-7,10-13,17H2,1-3H3. The van der Waals surface area contributed by atoms with E-state index in [1.807, 2.05) is 12.4 Å². The van der Waals surface area contributed by atoms with Crippen LogP contribution in [0.5, 0.6) is 0 Å². The molecule has 2 N–H and O–H groups in total. The molecule has 2 heterocycles. The molecule has 1 unspecified atom stereocenters. The lowest BCUT2D eigenvalue weighted by atomic mass is 9.80. The van der Waals surface area contributed by atoms with Gasteiger partial charge in [0.2, 0.25) is 0 Å².